The fourth-order valence-corrected chi connectivity index (χ4v) is 4.66. The zero-order valence-corrected chi connectivity index (χ0v) is 16.0. The second-order valence-electron chi connectivity index (χ2n) is 7.60. The van der Waals surface area contributed by atoms with E-state index in [0.717, 1.165) is 26.7 Å². The van der Waals surface area contributed by atoms with Crippen LogP contribution in [0.3, 0.4) is 0 Å². The summed E-state index contributed by atoms with van der Waals surface area (Å²) in [7, 11) is 0. The van der Waals surface area contributed by atoms with Crippen LogP contribution in [0.1, 0.15) is 27.9 Å². The molecule has 0 spiro atoms. The maximum atomic E-state index is 15.6. The van der Waals surface area contributed by atoms with Gasteiger partial charge in [0, 0.05) is 29.7 Å². The van der Waals surface area contributed by atoms with Crippen LogP contribution in [0.4, 0.5) is 8.63 Å². The molecule has 1 N–H and O–H groups in total. The molecule has 0 saturated heterocycles. The van der Waals surface area contributed by atoms with Crippen molar-refractivity contribution < 1.29 is 13.1 Å². The standard InChI is InChI=1S/C22H20BF2N3/c1-14-12-15(2)21(16(3)13-14)22-19-7-5-11-27(19)23(24,25)28-18(8-9-20(22)28)17-6-4-10-26-17/h4-13,26H,1-3H3. The Balaban J connectivity index is 1.88. The molecule has 1 aromatic carbocycles. The Bertz CT molecular complexity index is 1190. The van der Waals surface area contributed by atoms with Crippen molar-refractivity contribution in [1.82, 2.24) is 9.46 Å². The van der Waals surface area contributed by atoms with E-state index in [-0.39, 0.29) is 0 Å². The van der Waals surface area contributed by atoms with E-state index in [1.807, 2.05) is 32.0 Å². The first-order valence-corrected chi connectivity index (χ1v) is 9.40. The van der Waals surface area contributed by atoms with E-state index in [9.17, 15) is 0 Å². The Labute approximate surface area is 162 Å². The van der Waals surface area contributed by atoms with Crippen LogP contribution in [0.5, 0.6) is 0 Å². The van der Waals surface area contributed by atoms with E-state index < -0.39 is 6.97 Å². The molecular formula is C22H20BF2N3. The molecule has 2 aromatic heterocycles. The van der Waals surface area contributed by atoms with Crippen molar-refractivity contribution in [3.8, 4) is 11.4 Å². The molecule has 0 atom stereocenters. The van der Waals surface area contributed by atoms with Gasteiger partial charge in [-0.3, -0.25) is 0 Å². The van der Waals surface area contributed by atoms with Crippen molar-refractivity contribution in [1.29, 1.82) is 0 Å². The molecule has 0 amide bonds. The van der Waals surface area contributed by atoms with Crippen LogP contribution in [-0.2, 0) is 0 Å². The molecular weight excluding hydrogens is 355 g/mol. The highest BCUT2D eigenvalue weighted by Gasteiger charge is 2.53. The largest absolute Gasteiger partial charge is 0.737 e. The Morgan fingerprint density at radius 3 is 2.39 bits per heavy atom. The first-order chi connectivity index (χ1) is 13.4. The zero-order valence-electron chi connectivity index (χ0n) is 16.0. The highest BCUT2D eigenvalue weighted by molar-refractivity contribution is 6.58. The van der Waals surface area contributed by atoms with E-state index in [1.165, 1.54) is 16.3 Å². The third kappa shape index (κ3) is 2.17. The lowest BCUT2D eigenvalue weighted by molar-refractivity contribution is -0.356. The smallest absolute Gasteiger partial charge is 0.389 e. The lowest BCUT2D eigenvalue weighted by atomic mass is 9.83. The maximum absolute atomic E-state index is 15.6. The minimum absolute atomic E-state index is 0.490. The minimum atomic E-state index is -3.99. The molecule has 2 aliphatic rings. The molecule has 6 heteroatoms. The number of fused-ring (bicyclic) bond motifs is 2. The molecule has 0 fully saturated rings. The van der Waals surface area contributed by atoms with Crippen LogP contribution >= 0.6 is 0 Å². The van der Waals surface area contributed by atoms with Gasteiger partial charge >= 0.3 is 6.97 Å². The molecule has 140 valence electrons. The van der Waals surface area contributed by atoms with Crippen molar-refractivity contribution in [3.63, 3.8) is 0 Å². The quantitative estimate of drug-likeness (QED) is 0.606. The van der Waals surface area contributed by atoms with Gasteiger partial charge in [-0.1, -0.05) is 17.7 Å². The summed E-state index contributed by atoms with van der Waals surface area (Å²) in [6.07, 6.45) is 6.72. The van der Waals surface area contributed by atoms with E-state index >= 15 is 8.63 Å². The first kappa shape index (κ1) is 17.0. The molecule has 0 radical (unpaired) electrons. The molecule has 0 saturated carbocycles. The number of hydrogen-bond acceptors (Lipinski definition) is 0. The Hall–Kier alpha value is -3.15. The predicted molar refractivity (Wildman–Crippen MR) is 110 cm³/mol. The van der Waals surface area contributed by atoms with Crippen LogP contribution in [-0.4, -0.2) is 27.1 Å². The van der Waals surface area contributed by atoms with Crippen molar-refractivity contribution >= 4 is 18.8 Å². The van der Waals surface area contributed by atoms with Crippen LogP contribution < -0.4 is 0 Å². The van der Waals surface area contributed by atoms with Crippen molar-refractivity contribution in [2.45, 2.75) is 20.8 Å². The van der Waals surface area contributed by atoms with Gasteiger partial charge in [0.15, 0.2) is 5.70 Å². The molecule has 3 aromatic rings. The number of H-pyrrole nitrogens is 1. The number of benzene rings is 1. The maximum Gasteiger partial charge on any atom is 0.737 e. The topological polar surface area (TPSA) is 23.7 Å². The number of aryl methyl sites for hydroxylation is 3. The zero-order chi connectivity index (χ0) is 19.6. The Morgan fingerprint density at radius 1 is 1.00 bits per heavy atom. The Morgan fingerprint density at radius 2 is 1.71 bits per heavy atom. The molecule has 2 aliphatic heterocycles. The summed E-state index contributed by atoms with van der Waals surface area (Å²) in [5, 5.41) is 0. The summed E-state index contributed by atoms with van der Waals surface area (Å²) < 4.78 is 33.6. The molecule has 28 heavy (non-hydrogen) atoms. The normalized spacial score (nSPS) is 17.0. The second kappa shape index (κ2) is 5.68. The van der Waals surface area contributed by atoms with Crippen LogP contribution in [0.2, 0.25) is 0 Å². The number of aromatic nitrogens is 2. The van der Waals surface area contributed by atoms with Crippen molar-refractivity contribution in [2.24, 2.45) is 0 Å². The third-order valence-electron chi connectivity index (χ3n) is 5.66. The molecule has 5 rings (SSSR count). The van der Waals surface area contributed by atoms with Crippen molar-refractivity contribution in [2.75, 3.05) is 0 Å². The van der Waals surface area contributed by atoms with Crippen molar-refractivity contribution in [3.05, 3.63) is 88.4 Å². The summed E-state index contributed by atoms with van der Waals surface area (Å²) >= 11 is 0. The first-order valence-electron chi connectivity index (χ1n) is 9.40. The van der Waals surface area contributed by atoms with Gasteiger partial charge in [0.25, 0.3) is 0 Å². The molecule has 0 aliphatic carbocycles. The number of hydrogen-bond donors (Lipinski definition) is 1. The van der Waals surface area contributed by atoms with Crippen LogP contribution in [0, 0.1) is 20.8 Å². The number of rotatable bonds is 2. The van der Waals surface area contributed by atoms with Gasteiger partial charge in [0.2, 0.25) is 0 Å². The fraction of sp³-hybridized carbons (Fsp3) is 0.136. The van der Waals surface area contributed by atoms with Crippen LogP contribution in [0.15, 0.2) is 60.4 Å². The monoisotopic (exact) mass is 375 g/mol. The second-order valence-corrected chi connectivity index (χ2v) is 7.60. The summed E-state index contributed by atoms with van der Waals surface area (Å²) in [4.78, 5) is 3.07. The lowest BCUT2D eigenvalue weighted by Crippen LogP contribution is -2.49. The highest BCUT2D eigenvalue weighted by atomic mass is 19.2. The molecule has 0 unspecified atom stereocenters. The number of nitrogens with one attached hydrogen (secondary N) is 1. The van der Waals surface area contributed by atoms with Crippen LogP contribution in [0.25, 0.3) is 17.0 Å². The molecule has 4 heterocycles. The van der Waals surface area contributed by atoms with E-state index in [1.54, 1.807) is 24.4 Å². The average molecular weight is 375 g/mol. The number of halogens is 2. The molecule has 0 bridgehead atoms. The lowest BCUT2D eigenvalue weighted by Gasteiger charge is -2.33. The summed E-state index contributed by atoms with van der Waals surface area (Å²) in [6, 6.07) is 11.5. The Kier molecular flexibility index (Phi) is 3.44. The van der Waals surface area contributed by atoms with Gasteiger partial charge in [-0.05, 0) is 61.7 Å². The SMILES string of the molecule is Cc1cc(C)c(C2=C3C=CC=[N+]3[B-](F)(F)n3c2ccc3-c2ccc[nH]2)c(C)c1. The average Bonchev–Trinajstić information content (AvgIpc) is 3.36. The third-order valence-corrected chi connectivity index (χ3v) is 5.66. The van der Waals surface area contributed by atoms with Gasteiger partial charge in [-0.2, -0.15) is 0 Å². The number of nitrogens with zero attached hydrogens (tertiary/aromatic N) is 2. The fourth-order valence-electron chi connectivity index (χ4n) is 4.66. The predicted octanol–water partition coefficient (Wildman–Crippen LogP) is 5.06. The number of aromatic amines is 1. The molecule has 3 nitrogen and oxygen atoms in total. The van der Waals surface area contributed by atoms with E-state index in [2.05, 4.69) is 24.0 Å². The van der Waals surface area contributed by atoms with Gasteiger partial charge < -0.3 is 22.6 Å². The van der Waals surface area contributed by atoms with Gasteiger partial charge in [-0.25, -0.2) is 0 Å². The van der Waals surface area contributed by atoms with Gasteiger partial charge in [-0.15, -0.1) is 0 Å². The summed E-state index contributed by atoms with van der Waals surface area (Å²) in [5.41, 5.74) is 7.51. The summed E-state index contributed by atoms with van der Waals surface area (Å²) in [6.45, 7) is 2.16. The van der Waals surface area contributed by atoms with E-state index in [4.69, 9.17) is 0 Å². The highest BCUT2D eigenvalue weighted by Crippen LogP contribution is 2.43. The number of allylic oxidation sites excluding steroid dienone is 2. The minimum Gasteiger partial charge on any atom is -0.389 e. The van der Waals surface area contributed by atoms with E-state index in [0.29, 0.717) is 22.8 Å². The van der Waals surface area contributed by atoms with Gasteiger partial charge in [0.05, 0.1) is 11.3 Å². The summed E-state index contributed by atoms with van der Waals surface area (Å²) in [5.74, 6) is 0. The van der Waals surface area contributed by atoms with Gasteiger partial charge in [0.1, 0.15) is 6.21 Å².